The Labute approximate surface area is 182 Å². The molecule has 0 bridgehead atoms. The van der Waals surface area contributed by atoms with Crippen LogP contribution >= 0.6 is 0 Å². The van der Waals surface area contributed by atoms with Crippen LogP contribution in [-0.4, -0.2) is 52.1 Å². The molecule has 9 heteroatoms. The maximum atomic E-state index is 12.3. The van der Waals surface area contributed by atoms with E-state index in [0.717, 1.165) is 0 Å². The number of carbonyl (C=O) groups excluding carboxylic acids is 2. The van der Waals surface area contributed by atoms with Gasteiger partial charge >= 0.3 is 6.09 Å². The van der Waals surface area contributed by atoms with Gasteiger partial charge in [0.15, 0.2) is 11.5 Å². The third-order valence-corrected chi connectivity index (χ3v) is 3.91. The zero-order valence-electron chi connectivity index (χ0n) is 18.0. The van der Waals surface area contributed by atoms with E-state index in [1.807, 2.05) is 13.8 Å². The first-order chi connectivity index (χ1) is 15.0. The molecule has 0 aliphatic heterocycles. The van der Waals surface area contributed by atoms with Crippen LogP contribution in [0.4, 0.5) is 21.9 Å². The summed E-state index contributed by atoms with van der Waals surface area (Å²) in [7, 11) is 1.53. The van der Waals surface area contributed by atoms with Crippen LogP contribution in [-0.2, 0) is 14.3 Å². The second kappa shape index (κ2) is 13.0. The lowest BCUT2D eigenvalue weighted by Gasteiger charge is -2.13. The van der Waals surface area contributed by atoms with E-state index >= 15 is 0 Å². The molecule has 0 saturated heterocycles. The van der Waals surface area contributed by atoms with Gasteiger partial charge in [0.05, 0.1) is 26.4 Å². The van der Waals surface area contributed by atoms with E-state index in [0.29, 0.717) is 48.4 Å². The SMILES string of the molecule is CCOc1ccc(NC(=O)CNc2cccc(NC(=O)OCCOC)c2)cc1OCC. The Kier molecular flexibility index (Phi) is 9.96. The molecule has 2 amide bonds. The molecule has 2 aromatic rings. The fraction of sp³-hybridized carbons (Fsp3) is 0.364. The molecule has 0 aliphatic carbocycles. The zero-order chi connectivity index (χ0) is 22.5. The van der Waals surface area contributed by atoms with Crippen molar-refractivity contribution in [3.8, 4) is 11.5 Å². The van der Waals surface area contributed by atoms with Crippen molar-refractivity contribution < 1.29 is 28.5 Å². The van der Waals surface area contributed by atoms with Crippen molar-refractivity contribution in [1.29, 1.82) is 0 Å². The highest BCUT2D eigenvalue weighted by Gasteiger charge is 2.09. The van der Waals surface area contributed by atoms with Gasteiger partial charge in [-0.2, -0.15) is 0 Å². The maximum Gasteiger partial charge on any atom is 0.411 e. The van der Waals surface area contributed by atoms with E-state index in [-0.39, 0.29) is 19.1 Å². The van der Waals surface area contributed by atoms with Crippen molar-refractivity contribution in [3.05, 3.63) is 42.5 Å². The molecule has 0 aromatic heterocycles. The number of carbonyl (C=O) groups is 2. The summed E-state index contributed by atoms with van der Waals surface area (Å²) in [6, 6.07) is 12.2. The topological polar surface area (TPSA) is 107 Å². The second-order valence-electron chi connectivity index (χ2n) is 6.26. The van der Waals surface area contributed by atoms with E-state index in [4.69, 9.17) is 18.9 Å². The highest BCUT2D eigenvalue weighted by Crippen LogP contribution is 2.30. The predicted molar refractivity (Wildman–Crippen MR) is 119 cm³/mol. The van der Waals surface area contributed by atoms with E-state index in [2.05, 4.69) is 16.0 Å². The summed E-state index contributed by atoms with van der Waals surface area (Å²) in [4.78, 5) is 24.0. The van der Waals surface area contributed by atoms with Crippen molar-refractivity contribution in [2.24, 2.45) is 0 Å². The maximum absolute atomic E-state index is 12.3. The average molecular weight is 431 g/mol. The minimum Gasteiger partial charge on any atom is -0.490 e. The molecule has 31 heavy (non-hydrogen) atoms. The van der Waals surface area contributed by atoms with Gasteiger partial charge in [-0.15, -0.1) is 0 Å². The Morgan fingerprint density at radius 3 is 2.29 bits per heavy atom. The molecule has 0 heterocycles. The van der Waals surface area contributed by atoms with E-state index in [1.54, 1.807) is 42.5 Å². The van der Waals surface area contributed by atoms with Crippen LogP contribution in [0.3, 0.4) is 0 Å². The molecule has 2 rings (SSSR count). The van der Waals surface area contributed by atoms with Gasteiger partial charge < -0.3 is 29.6 Å². The Morgan fingerprint density at radius 2 is 1.55 bits per heavy atom. The van der Waals surface area contributed by atoms with Crippen molar-refractivity contribution >= 4 is 29.1 Å². The first-order valence-electron chi connectivity index (χ1n) is 10.0. The second-order valence-corrected chi connectivity index (χ2v) is 6.26. The Bertz CT molecular complexity index is 859. The molecule has 0 unspecified atom stereocenters. The lowest BCUT2D eigenvalue weighted by Crippen LogP contribution is -2.22. The molecular formula is C22H29N3O6. The number of amides is 2. The Balaban J connectivity index is 1.88. The van der Waals surface area contributed by atoms with Crippen LogP contribution in [0.15, 0.2) is 42.5 Å². The number of anilines is 3. The van der Waals surface area contributed by atoms with Crippen molar-refractivity contribution in [1.82, 2.24) is 0 Å². The minimum atomic E-state index is -0.576. The lowest BCUT2D eigenvalue weighted by molar-refractivity contribution is -0.114. The monoisotopic (exact) mass is 431 g/mol. The number of ether oxygens (including phenoxy) is 4. The fourth-order valence-corrected chi connectivity index (χ4v) is 2.59. The van der Waals surface area contributed by atoms with Crippen molar-refractivity contribution in [2.45, 2.75) is 13.8 Å². The first kappa shape index (κ1) is 23.8. The number of nitrogens with one attached hydrogen (secondary N) is 3. The van der Waals surface area contributed by atoms with Crippen molar-refractivity contribution in [3.63, 3.8) is 0 Å². The van der Waals surface area contributed by atoms with Crippen LogP contribution in [0.1, 0.15) is 13.8 Å². The van der Waals surface area contributed by atoms with Crippen molar-refractivity contribution in [2.75, 3.05) is 56.0 Å². The normalized spacial score (nSPS) is 10.2. The van der Waals surface area contributed by atoms with E-state index < -0.39 is 6.09 Å². The van der Waals surface area contributed by atoms with Crippen LogP contribution in [0, 0.1) is 0 Å². The number of hydrogen-bond acceptors (Lipinski definition) is 7. The number of methoxy groups -OCH3 is 1. The molecule has 0 atom stereocenters. The lowest BCUT2D eigenvalue weighted by atomic mass is 10.2. The molecule has 0 saturated carbocycles. The summed E-state index contributed by atoms with van der Waals surface area (Å²) in [5.41, 5.74) is 1.82. The van der Waals surface area contributed by atoms with E-state index in [1.165, 1.54) is 7.11 Å². The van der Waals surface area contributed by atoms with Gasteiger partial charge in [-0.1, -0.05) is 6.07 Å². The molecule has 0 radical (unpaired) electrons. The smallest absolute Gasteiger partial charge is 0.411 e. The quantitative estimate of drug-likeness (QED) is 0.440. The predicted octanol–water partition coefficient (Wildman–Crippen LogP) is 3.73. The zero-order valence-corrected chi connectivity index (χ0v) is 18.0. The number of rotatable bonds is 12. The summed E-state index contributed by atoms with van der Waals surface area (Å²) in [5, 5.41) is 8.46. The molecule has 3 N–H and O–H groups in total. The van der Waals surface area contributed by atoms with Gasteiger partial charge in [-0.05, 0) is 44.2 Å². The van der Waals surface area contributed by atoms with Crippen LogP contribution in [0.25, 0.3) is 0 Å². The van der Waals surface area contributed by atoms with Gasteiger partial charge in [0.25, 0.3) is 0 Å². The minimum absolute atomic E-state index is 0.0406. The van der Waals surface area contributed by atoms with Gasteiger partial charge in [0, 0.05) is 30.2 Å². The fourth-order valence-electron chi connectivity index (χ4n) is 2.59. The first-order valence-corrected chi connectivity index (χ1v) is 10.0. The molecular weight excluding hydrogens is 402 g/mol. The Morgan fingerprint density at radius 1 is 0.839 bits per heavy atom. The summed E-state index contributed by atoms with van der Waals surface area (Å²) in [5.74, 6) is 0.973. The van der Waals surface area contributed by atoms with Crippen LogP contribution < -0.4 is 25.4 Å². The molecule has 2 aromatic carbocycles. The standard InChI is InChI=1S/C22H29N3O6/c1-4-29-19-10-9-18(14-20(19)30-5-2)24-21(26)15-23-16-7-6-8-17(13-16)25-22(27)31-12-11-28-3/h6-10,13-14,23H,4-5,11-12,15H2,1-3H3,(H,24,26)(H,25,27). The summed E-state index contributed by atoms with van der Waals surface area (Å²) in [6.45, 7) is 5.32. The van der Waals surface area contributed by atoms with Gasteiger partial charge in [-0.3, -0.25) is 10.1 Å². The largest absolute Gasteiger partial charge is 0.490 e. The molecule has 0 spiro atoms. The highest BCUT2D eigenvalue weighted by atomic mass is 16.6. The molecule has 0 fully saturated rings. The van der Waals surface area contributed by atoms with Crippen LogP contribution in [0.2, 0.25) is 0 Å². The van der Waals surface area contributed by atoms with Gasteiger partial charge in [-0.25, -0.2) is 4.79 Å². The summed E-state index contributed by atoms with van der Waals surface area (Å²) < 4.78 is 20.9. The summed E-state index contributed by atoms with van der Waals surface area (Å²) in [6.07, 6.45) is -0.576. The molecule has 0 aliphatic rings. The number of hydrogen-bond donors (Lipinski definition) is 3. The Hall–Kier alpha value is -3.46. The van der Waals surface area contributed by atoms with Crippen LogP contribution in [0.5, 0.6) is 11.5 Å². The van der Waals surface area contributed by atoms with Gasteiger partial charge in [0.2, 0.25) is 5.91 Å². The average Bonchev–Trinajstić information content (AvgIpc) is 2.75. The summed E-state index contributed by atoms with van der Waals surface area (Å²) >= 11 is 0. The molecule has 168 valence electrons. The molecule has 9 nitrogen and oxygen atoms in total. The third-order valence-electron chi connectivity index (χ3n) is 3.91. The highest BCUT2D eigenvalue weighted by molar-refractivity contribution is 5.94. The van der Waals surface area contributed by atoms with Gasteiger partial charge in [0.1, 0.15) is 6.61 Å². The third kappa shape index (κ3) is 8.43. The number of benzene rings is 2. The van der Waals surface area contributed by atoms with E-state index in [9.17, 15) is 9.59 Å².